The van der Waals surface area contributed by atoms with Crippen molar-refractivity contribution in [1.82, 2.24) is 9.88 Å². The van der Waals surface area contributed by atoms with E-state index in [2.05, 4.69) is 21.2 Å². The fourth-order valence-electron chi connectivity index (χ4n) is 2.52. The zero-order valence-corrected chi connectivity index (χ0v) is 13.1. The lowest BCUT2D eigenvalue weighted by molar-refractivity contribution is 0.0941. The van der Waals surface area contributed by atoms with Gasteiger partial charge < -0.3 is 5.32 Å². The van der Waals surface area contributed by atoms with Gasteiger partial charge in [0.2, 0.25) is 0 Å². The second kappa shape index (κ2) is 4.68. The quantitative estimate of drug-likeness (QED) is 0.838. The summed E-state index contributed by atoms with van der Waals surface area (Å²) in [6.45, 7) is 1.63. The van der Waals surface area contributed by atoms with Gasteiger partial charge >= 0.3 is 0 Å². The molecule has 0 saturated heterocycles. The lowest BCUT2D eigenvalue weighted by Crippen LogP contribution is -2.45. The molecule has 0 fully saturated rings. The van der Waals surface area contributed by atoms with Gasteiger partial charge in [-0.15, -0.1) is 0 Å². The third kappa shape index (κ3) is 2.01. The number of hydrogen-bond donors (Lipinski definition) is 1. The van der Waals surface area contributed by atoms with E-state index in [-0.39, 0.29) is 15.2 Å². The molecule has 1 N–H and O–H groups in total. The summed E-state index contributed by atoms with van der Waals surface area (Å²) in [5.74, 6) is -0.929. The molecule has 1 unspecified atom stereocenters. The Morgan fingerprint density at radius 3 is 2.71 bits per heavy atom. The highest BCUT2D eigenvalue weighted by atomic mass is 79.9. The Bertz CT molecular complexity index is 836. The summed E-state index contributed by atoms with van der Waals surface area (Å²) >= 11 is 9.19. The predicted octanol–water partition coefficient (Wildman–Crippen LogP) is 2.87. The molecule has 4 nitrogen and oxygen atoms in total. The number of nitrogens with one attached hydrogen (secondary N) is 1. The van der Waals surface area contributed by atoms with Gasteiger partial charge in [-0.25, -0.2) is 4.39 Å². The Balaban J connectivity index is 2.36. The minimum atomic E-state index is -1.20. The smallest absolute Gasteiger partial charge is 0.271 e. The van der Waals surface area contributed by atoms with Gasteiger partial charge in [-0.3, -0.25) is 14.2 Å². The monoisotopic (exact) mass is 370 g/mol. The van der Waals surface area contributed by atoms with Crippen LogP contribution in [0.15, 0.2) is 39.6 Å². The average molecular weight is 372 g/mol. The second-order valence-electron chi connectivity index (χ2n) is 4.87. The molecule has 0 aliphatic carbocycles. The van der Waals surface area contributed by atoms with E-state index in [1.54, 1.807) is 13.0 Å². The van der Waals surface area contributed by atoms with Crippen molar-refractivity contribution < 1.29 is 9.18 Å². The second-order valence-corrected chi connectivity index (χ2v) is 6.13. The molecular weight excluding hydrogens is 363 g/mol. The van der Waals surface area contributed by atoms with Gasteiger partial charge in [0.05, 0.1) is 9.50 Å². The number of pyridine rings is 1. The van der Waals surface area contributed by atoms with Crippen LogP contribution in [0, 0.1) is 5.82 Å². The van der Waals surface area contributed by atoms with Gasteiger partial charge in [-0.1, -0.05) is 23.7 Å². The van der Waals surface area contributed by atoms with Crippen LogP contribution in [0.3, 0.4) is 0 Å². The fraction of sp³-hybridized carbons (Fsp3) is 0.143. The van der Waals surface area contributed by atoms with Crippen LogP contribution in [0.2, 0.25) is 5.02 Å². The maximum atomic E-state index is 13.5. The first-order chi connectivity index (χ1) is 9.84. The molecule has 1 aliphatic heterocycles. The van der Waals surface area contributed by atoms with Crippen molar-refractivity contribution in [2.45, 2.75) is 12.6 Å². The lowest BCUT2D eigenvalue weighted by Gasteiger charge is -2.27. The zero-order valence-electron chi connectivity index (χ0n) is 10.8. The number of amides is 1. The molecule has 0 radical (unpaired) electrons. The summed E-state index contributed by atoms with van der Waals surface area (Å²) in [6.07, 6.45) is 0. The maximum Gasteiger partial charge on any atom is 0.271 e. The van der Waals surface area contributed by atoms with Crippen molar-refractivity contribution in [1.29, 1.82) is 0 Å². The van der Waals surface area contributed by atoms with Crippen molar-refractivity contribution in [2.75, 3.05) is 0 Å². The molecule has 108 valence electrons. The minimum Gasteiger partial charge on any atom is -0.324 e. The van der Waals surface area contributed by atoms with E-state index < -0.39 is 22.9 Å². The van der Waals surface area contributed by atoms with E-state index in [0.29, 0.717) is 5.56 Å². The number of halogens is 3. The molecule has 0 spiro atoms. The molecule has 21 heavy (non-hydrogen) atoms. The van der Waals surface area contributed by atoms with E-state index in [9.17, 15) is 14.0 Å². The minimum absolute atomic E-state index is 0.0663. The highest BCUT2D eigenvalue weighted by Crippen LogP contribution is 2.33. The molecule has 1 aromatic heterocycles. The molecule has 1 aliphatic rings. The first-order valence-electron chi connectivity index (χ1n) is 6.04. The fourth-order valence-corrected chi connectivity index (χ4v) is 3.34. The van der Waals surface area contributed by atoms with Crippen LogP contribution in [-0.4, -0.2) is 10.5 Å². The van der Waals surface area contributed by atoms with Gasteiger partial charge in [0, 0.05) is 5.56 Å². The molecule has 3 rings (SSSR count). The van der Waals surface area contributed by atoms with Crippen LogP contribution in [0.4, 0.5) is 4.39 Å². The molecule has 2 aromatic rings. The van der Waals surface area contributed by atoms with Gasteiger partial charge in [0.1, 0.15) is 17.2 Å². The summed E-state index contributed by atoms with van der Waals surface area (Å²) in [6, 6.07) is 7.11. The van der Waals surface area contributed by atoms with Crippen molar-refractivity contribution >= 4 is 33.4 Å². The standard InChI is InChI=1S/C14H9BrClFN2O2/c1-14(7-3-2-4-8(17)5-7)18-12(20)11-10(16)6-9(15)13(21)19(11)14/h2-6H,1H3,(H,18,20). The van der Waals surface area contributed by atoms with E-state index in [4.69, 9.17) is 11.6 Å². The van der Waals surface area contributed by atoms with Crippen LogP contribution in [-0.2, 0) is 5.66 Å². The van der Waals surface area contributed by atoms with Gasteiger partial charge in [0.15, 0.2) is 0 Å². The first-order valence-corrected chi connectivity index (χ1v) is 7.22. The molecule has 1 aromatic carbocycles. The Morgan fingerprint density at radius 1 is 1.33 bits per heavy atom. The average Bonchev–Trinajstić information content (AvgIpc) is 2.69. The van der Waals surface area contributed by atoms with Gasteiger partial charge in [-0.05, 0) is 41.1 Å². The van der Waals surface area contributed by atoms with E-state index in [1.807, 2.05) is 0 Å². The Labute approximate surface area is 132 Å². The summed E-state index contributed by atoms with van der Waals surface area (Å²) < 4.78 is 15.0. The summed E-state index contributed by atoms with van der Waals surface area (Å²) in [5.41, 5.74) is -1.10. The van der Waals surface area contributed by atoms with Gasteiger partial charge in [0.25, 0.3) is 11.5 Å². The van der Waals surface area contributed by atoms with Crippen LogP contribution in [0.25, 0.3) is 0 Å². The summed E-state index contributed by atoms with van der Waals surface area (Å²) in [4.78, 5) is 24.6. The maximum absolute atomic E-state index is 13.5. The number of carbonyl (C=O) groups excluding carboxylic acids is 1. The summed E-state index contributed by atoms with van der Waals surface area (Å²) in [5, 5.41) is 2.85. The number of nitrogens with zero attached hydrogens (tertiary/aromatic N) is 1. The number of carbonyl (C=O) groups is 1. The SMILES string of the molecule is CC1(c2cccc(F)c2)NC(=O)c2c(Cl)cc(Br)c(=O)n21. The van der Waals surface area contributed by atoms with Crippen molar-refractivity contribution in [3.05, 3.63) is 67.3 Å². The van der Waals surface area contributed by atoms with E-state index >= 15 is 0 Å². The largest absolute Gasteiger partial charge is 0.324 e. The van der Waals surface area contributed by atoms with Crippen molar-refractivity contribution in [2.24, 2.45) is 0 Å². The molecule has 1 atom stereocenters. The first kappa shape index (κ1) is 14.3. The summed E-state index contributed by atoms with van der Waals surface area (Å²) in [7, 11) is 0. The third-order valence-electron chi connectivity index (χ3n) is 3.52. The van der Waals surface area contributed by atoms with Crippen LogP contribution in [0.1, 0.15) is 23.0 Å². The molecule has 0 saturated carbocycles. The number of rotatable bonds is 1. The molecule has 2 heterocycles. The topological polar surface area (TPSA) is 51.1 Å². The number of fused-ring (bicyclic) bond motifs is 1. The zero-order chi connectivity index (χ0) is 15.4. The molecule has 1 amide bonds. The predicted molar refractivity (Wildman–Crippen MR) is 80.0 cm³/mol. The molecular formula is C14H9BrClFN2O2. The van der Waals surface area contributed by atoms with E-state index in [1.165, 1.54) is 28.8 Å². The Hall–Kier alpha value is -1.66. The van der Waals surface area contributed by atoms with Crippen LogP contribution < -0.4 is 10.9 Å². The van der Waals surface area contributed by atoms with Crippen LogP contribution >= 0.6 is 27.5 Å². The highest BCUT2D eigenvalue weighted by Gasteiger charge is 2.43. The van der Waals surface area contributed by atoms with Crippen LogP contribution in [0.5, 0.6) is 0 Å². The number of aromatic nitrogens is 1. The molecule has 0 bridgehead atoms. The molecule has 7 heteroatoms. The highest BCUT2D eigenvalue weighted by molar-refractivity contribution is 9.10. The number of benzene rings is 1. The van der Waals surface area contributed by atoms with Gasteiger partial charge in [-0.2, -0.15) is 0 Å². The van der Waals surface area contributed by atoms with Crippen molar-refractivity contribution in [3.63, 3.8) is 0 Å². The lowest BCUT2D eigenvalue weighted by atomic mass is 10.0. The normalized spacial score (nSPS) is 20.3. The Morgan fingerprint density at radius 2 is 2.05 bits per heavy atom. The number of hydrogen-bond acceptors (Lipinski definition) is 2. The third-order valence-corrected chi connectivity index (χ3v) is 4.37. The van der Waals surface area contributed by atoms with E-state index in [0.717, 1.165) is 0 Å². The Kier molecular flexibility index (Phi) is 3.18. The van der Waals surface area contributed by atoms with Crippen molar-refractivity contribution in [3.8, 4) is 0 Å².